The minimum absolute atomic E-state index is 0.0254. The molecular formula is C24H20ClF3N6O. The standard InChI is InChI=1S/C24H20ClF3N6O/c1-14-3-4-15(10-25)9-20(14)32-22(35)16-5-7-18(8-6-16)31-23-29-12-19(24(26,27)28)21(33-23)17-11-30-34(2)13-17/h3-9,11-13H,10H2,1-2H3,(H,32,35)(H,29,31,33). The Balaban J connectivity index is 1.53. The molecule has 35 heavy (non-hydrogen) atoms. The molecule has 0 spiro atoms. The summed E-state index contributed by atoms with van der Waals surface area (Å²) in [7, 11) is 1.60. The number of carbonyl (C=O) groups is 1. The average Bonchev–Trinajstić information content (AvgIpc) is 3.26. The first-order valence-corrected chi connectivity index (χ1v) is 10.9. The molecule has 0 aliphatic heterocycles. The monoisotopic (exact) mass is 500 g/mol. The van der Waals surface area contributed by atoms with E-state index in [1.807, 2.05) is 25.1 Å². The quantitative estimate of drug-likeness (QED) is 0.320. The van der Waals surface area contributed by atoms with Gasteiger partial charge in [-0.25, -0.2) is 9.97 Å². The van der Waals surface area contributed by atoms with Crippen LogP contribution in [0.1, 0.15) is 27.0 Å². The summed E-state index contributed by atoms with van der Waals surface area (Å²) in [6.07, 6.45) is -1.14. The minimum atomic E-state index is -4.62. The maximum absolute atomic E-state index is 13.5. The molecule has 0 fully saturated rings. The van der Waals surface area contributed by atoms with Gasteiger partial charge in [-0.15, -0.1) is 11.6 Å². The Morgan fingerprint density at radius 2 is 1.86 bits per heavy atom. The van der Waals surface area contributed by atoms with Crippen molar-refractivity contribution in [3.05, 3.63) is 83.3 Å². The first kappa shape index (κ1) is 24.2. The maximum Gasteiger partial charge on any atom is 0.419 e. The van der Waals surface area contributed by atoms with E-state index >= 15 is 0 Å². The van der Waals surface area contributed by atoms with Crippen molar-refractivity contribution in [3.63, 3.8) is 0 Å². The number of rotatable bonds is 6. The van der Waals surface area contributed by atoms with Crippen LogP contribution in [0.5, 0.6) is 0 Å². The van der Waals surface area contributed by atoms with Crippen LogP contribution in [0.15, 0.2) is 61.1 Å². The van der Waals surface area contributed by atoms with Crippen LogP contribution in [0.3, 0.4) is 0 Å². The molecule has 0 radical (unpaired) electrons. The van der Waals surface area contributed by atoms with E-state index in [4.69, 9.17) is 11.6 Å². The van der Waals surface area contributed by atoms with Crippen LogP contribution >= 0.6 is 11.6 Å². The first-order valence-electron chi connectivity index (χ1n) is 10.4. The lowest BCUT2D eigenvalue weighted by molar-refractivity contribution is -0.137. The van der Waals surface area contributed by atoms with Crippen molar-refractivity contribution in [1.82, 2.24) is 19.7 Å². The van der Waals surface area contributed by atoms with Crippen LogP contribution < -0.4 is 10.6 Å². The molecule has 0 saturated heterocycles. The summed E-state index contributed by atoms with van der Waals surface area (Å²) in [6, 6.07) is 12.0. The van der Waals surface area contributed by atoms with Crippen molar-refractivity contribution in [1.29, 1.82) is 0 Å². The number of hydrogen-bond acceptors (Lipinski definition) is 5. The molecule has 2 heterocycles. The largest absolute Gasteiger partial charge is 0.419 e. The highest BCUT2D eigenvalue weighted by Gasteiger charge is 2.35. The van der Waals surface area contributed by atoms with Gasteiger partial charge < -0.3 is 10.6 Å². The fourth-order valence-electron chi connectivity index (χ4n) is 3.33. The van der Waals surface area contributed by atoms with Gasteiger partial charge in [-0.1, -0.05) is 12.1 Å². The summed E-state index contributed by atoms with van der Waals surface area (Å²) < 4.78 is 41.8. The fourth-order valence-corrected chi connectivity index (χ4v) is 3.49. The van der Waals surface area contributed by atoms with Crippen molar-refractivity contribution in [3.8, 4) is 11.3 Å². The molecule has 4 aromatic rings. The van der Waals surface area contributed by atoms with Gasteiger partial charge in [0.2, 0.25) is 5.95 Å². The molecule has 11 heteroatoms. The number of carbonyl (C=O) groups excluding carboxylic acids is 1. The zero-order valence-electron chi connectivity index (χ0n) is 18.7. The third-order valence-corrected chi connectivity index (χ3v) is 5.49. The smallest absolute Gasteiger partial charge is 0.324 e. The number of aryl methyl sites for hydroxylation is 2. The third-order valence-electron chi connectivity index (χ3n) is 5.18. The van der Waals surface area contributed by atoms with Gasteiger partial charge >= 0.3 is 6.18 Å². The lowest BCUT2D eigenvalue weighted by Gasteiger charge is -2.13. The van der Waals surface area contributed by atoms with Crippen LogP contribution in [0.2, 0.25) is 0 Å². The van der Waals surface area contributed by atoms with Gasteiger partial charge in [0.15, 0.2) is 0 Å². The van der Waals surface area contributed by atoms with E-state index in [0.717, 1.165) is 17.3 Å². The Morgan fingerprint density at radius 1 is 1.11 bits per heavy atom. The van der Waals surface area contributed by atoms with E-state index in [1.54, 1.807) is 31.3 Å². The van der Waals surface area contributed by atoms with Gasteiger partial charge in [-0.2, -0.15) is 18.3 Å². The summed E-state index contributed by atoms with van der Waals surface area (Å²) in [6.45, 7) is 1.88. The topological polar surface area (TPSA) is 84.7 Å². The lowest BCUT2D eigenvalue weighted by Crippen LogP contribution is -2.13. The van der Waals surface area contributed by atoms with Crippen molar-refractivity contribution >= 4 is 34.8 Å². The Morgan fingerprint density at radius 3 is 2.49 bits per heavy atom. The number of anilines is 3. The second-order valence-electron chi connectivity index (χ2n) is 7.80. The molecule has 0 aliphatic carbocycles. The first-order chi connectivity index (χ1) is 16.6. The predicted molar refractivity (Wildman–Crippen MR) is 128 cm³/mol. The molecule has 0 saturated carbocycles. The molecule has 4 rings (SSSR count). The zero-order chi connectivity index (χ0) is 25.2. The highest BCUT2D eigenvalue weighted by Crippen LogP contribution is 2.36. The molecule has 2 aromatic heterocycles. The number of nitrogens with zero attached hydrogens (tertiary/aromatic N) is 4. The Hall–Kier alpha value is -3.92. The summed E-state index contributed by atoms with van der Waals surface area (Å²) in [5, 5.41) is 9.66. The van der Waals surface area contributed by atoms with Crippen LogP contribution in [-0.2, 0) is 19.1 Å². The van der Waals surface area contributed by atoms with E-state index in [2.05, 4.69) is 25.7 Å². The van der Waals surface area contributed by atoms with Crippen molar-refractivity contribution in [2.24, 2.45) is 7.05 Å². The molecule has 0 atom stereocenters. The number of hydrogen-bond donors (Lipinski definition) is 2. The number of amides is 1. The van der Waals surface area contributed by atoms with E-state index in [0.29, 0.717) is 22.8 Å². The minimum Gasteiger partial charge on any atom is -0.324 e. The molecule has 2 aromatic carbocycles. The second-order valence-corrected chi connectivity index (χ2v) is 8.06. The van der Waals surface area contributed by atoms with Crippen molar-refractivity contribution in [2.45, 2.75) is 19.0 Å². The summed E-state index contributed by atoms with van der Waals surface area (Å²) >= 11 is 5.88. The molecule has 7 nitrogen and oxygen atoms in total. The molecular weight excluding hydrogens is 481 g/mol. The lowest BCUT2D eigenvalue weighted by atomic mass is 10.1. The normalized spacial score (nSPS) is 11.4. The van der Waals surface area contributed by atoms with Crippen LogP contribution in [0.4, 0.5) is 30.5 Å². The highest BCUT2D eigenvalue weighted by atomic mass is 35.5. The van der Waals surface area contributed by atoms with Crippen LogP contribution in [0.25, 0.3) is 11.3 Å². The van der Waals surface area contributed by atoms with E-state index in [9.17, 15) is 18.0 Å². The second kappa shape index (κ2) is 9.75. The van der Waals surface area contributed by atoms with Crippen molar-refractivity contribution < 1.29 is 18.0 Å². The SMILES string of the molecule is Cc1ccc(CCl)cc1NC(=O)c1ccc(Nc2ncc(C(F)(F)F)c(-c3cnn(C)c3)n2)cc1. The summed E-state index contributed by atoms with van der Waals surface area (Å²) in [5.41, 5.74) is 2.31. The van der Waals surface area contributed by atoms with Gasteiger partial charge in [0, 0.05) is 47.8 Å². The number of halogens is 4. The van der Waals surface area contributed by atoms with Gasteiger partial charge in [0.25, 0.3) is 5.91 Å². The molecule has 180 valence electrons. The van der Waals surface area contributed by atoms with Gasteiger partial charge in [0.05, 0.1) is 11.9 Å². The summed E-state index contributed by atoms with van der Waals surface area (Å²) in [4.78, 5) is 20.6. The van der Waals surface area contributed by atoms with Gasteiger partial charge in [-0.3, -0.25) is 9.48 Å². The molecule has 2 N–H and O–H groups in total. The summed E-state index contributed by atoms with van der Waals surface area (Å²) in [5.74, 6) is -0.00326. The van der Waals surface area contributed by atoms with Crippen LogP contribution in [-0.4, -0.2) is 25.7 Å². The number of aromatic nitrogens is 4. The zero-order valence-corrected chi connectivity index (χ0v) is 19.4. The number of nitrogens with one attached hydrogen (secondary N) is 2. The van der Waals surface area contributed by atoms with Crippen LogP contribution in [0, 0.1) is 6.92 Å². The molecule has 0 aliphatic rings. The highest BCUT2D eigenvalue weighted by molar-refractivity contribution is 6.17. The Kier molecular flexibility index (Phi) is 6.74. The Bertz CT molecular complexity index is 1370. The number of benzene rings is 2. The molecule has 0 unspecified atom stereocenters. The Labute approximate surface area is 204 Å². The number of alkyl halides is 4. The molecule has 1 amide bonds. The van der Waals surface area contributed by atoms with Gasteiger partial charge in [0.1, 0.15) is 5.56 Å². The van der Waals surface area contributed by atoms with Crippen molar-refractivity contribution in [2.75, 3.05) is 10.6 Å². The van der Waals surface area contributed by atoms with Gasteiger partial charge in [-0.05, 0) is 48.4 Å². The average molecular weight is 501 g/mol. The van der Waals surface area contributed by atoms with E-state index in [1.165, 1.54) is 17.1 Å². The third kappa shape index (κ3) is 5.60. The van der Waals surface area contributed by atoms with E-state index in [-0.39, 0.29) is 23.1 Å². The van der Waals surface area contributed by atoms with E-state index < -0.39 is 11.7 Å². The maximum atomic E-state index is 13.5. The molecule has 0 bridgehead atoms. The fraction of sp³-hybridized carbons (Fsp3) is 0.167. The predicted octanol–water partition coefficient (Wildman–Crippen LogP) is 5.94.